The van der Waals surface area contributed by atoms with E-state index in [0.29, 0.717) is 19.6 Å². The van der Waals surface area contributed by atoms with Crippen molar-refractivity contribution < 1.29 is 18.7 Å². The Bertz CT molecular complexity index is 455. The molecule has 5 heteroatoms. The highest BCUT2D eigenvalue weighted by Gasteiger charge is 2.15. The average molecular weight is 283 g/mol. The van der Waals surface area contributed by atoms with E-state index < -0.39 is 11.7 Å². The number of nitrogens with one attached hydrogen (secondary N) is 1. The van der Waals surface area contributed by atoms with Crippen LogP contribution in [-0.4, -0.2) is 24.8 Å². The van der Waals surface area contributed by atoms with Crippen molar-refractivity contribution in [1.29, 1.82) is 0 Å². The smallest absolute Gasteiger partial charge is 0.407 e. The van der Waals surface area contributed by atoms with Crippen LogP contribution < -0.4 is 10.1 Å². The summed E-state index contributed by atoms with van der Waals surface area (Å²) in [5, 5.41) is 2.62. The van der Waals surface area contributed by atoms with Gasteiger partial charge in [0.25, 0.3) is 0 Å². The molecular weight excluding hydrogens is 261 g/mol. The number of alkyl carbamates (subject to hydrolysis) is 1. The van der Waals surface area contributed by atoms with Crippen LogP contribution in [0, 0.1) is 12.7 Å². The van der Waals surface area contributed by atoms with Crippen LogP contribution in [0.4, 0.5) is 9.18 Å². The van der Waals surface area contributed by atoms with Crippen molar-refractivity contribution in [2.75, 3.05) is 13.2 Å². The Morgan fingerprint density at radius 2 is 2.05 bits per heavy atom. The van der Waals surface area contributed by atoms with E-state index in [2.05, 4.69) is 5.32 Å². The molecule has 0 unspecified atom stereocenters. The van der Waals surface area contributed by atoms with Gasteiger partial charge in [0.1, 0.15) is 5.60 Å². The van der Waals surface area contributed by atoms with Crippen molar-refractivity contribution >= 4 is 6.09 Å². The van der Waals surface area contributed by atoms with E-state index in [4.69, 9.17) is 9.47 Å². The number of ether oxygens (including phenoxy) is 2. The van der Waals surface area contributed by atoms with Crippen LogP contribution in [0.5, 0.6) is 5.75 Å². The van der Waals surface area contributed by atoms with Gasteiger partial charge in [0.15, 0.2) is 11.6 Å². The Labute approximate surface area is 119 Å². The zero-order chi connectivity index (χ0) is 15.2. The van der Waals surface area contributed by atoms with Gasteiger partial charge in [-0.25, -0.2) is 9.18 Å². The Hall–Kier alpha value is -1.78. The molecule has 4 nitrogen and oxygen atoms in total. The Morgan fingerprint density at radius 3 is 2.70 bits per heavy atom. The molecule has 112 valence electrons. The van der Waals surface area contributed by atoms with Gasteiger partial charge >= 0.3 is 6.09 Å². The van der Waals surface area contributed by atoms with E-state index in [-0.39, 0.29) is 11.6 Å². The molecule has 0 fully saturated rings. The molecule has 0 saturated heterocycles. The molecule has 0 bridgehead atoms. The minimum atomic E-state index is -0.509. The molecule has 1 rings (SSSR count). The molecule has 0 saturated carbocycles. The number of carbonyl (C=O) groups excluding carboxylic acids is 1. The Kier molecular flexibility index (Phi) is 5.80. The number of benzene rings is 1. The van der Waals surface area contributed by atoms with Crippen LogP contribution in [0.3, 0.4) is 0 Å². The van der Waals surface area contributed by atoms with Gasteiger partial charge in [0.2, 0.25) is 0 Å². The van der Waals surface area contributed by atoms with Gasteiger partial charge in [-0.05, 0) is 51.8 Å². The standard InChI is InChI=1S/C15H22FNO3/c1-11-6-7-12(16)13(10-11)19-9-5-8-17-14(18)20-15(2,3)4/h6-7,10H,5,8-9H2,1-4H3,(H,17,18). The molecule has 1 amide bonds. The van der Waals surface area contributed by atoms with Crippen LogP contribution in [0.15, 0.2) is 18.2 Å². The zero-order valence-corrected chi connectivity index (χ0v) is 12.5. The summed E-state index contributed by atoms with van der Waals surface area (Å²) < 4.78 is 23.8. The zero-order valence-electron chi connectivity index (χ0n) is 12.5. The van der Waals surface area contributed by atoms with Gasteiger partial charge in [-0.3, -0.25) is 0 Å². The van der Waals surface area contributed by atoms with E-state index in [1.807, 2.05) is 6.92 Å². The SMILES string of the molecule is Cc1ccc(F)c(OCCCNC(=O)OC(C)(C)C)c1. The molecule has 0 radical (unpaired) electrons. The third-order valence-corrected chi connectivity index (χ3v) is 2.33. The number of amides is 1. The Morgan fingerprint density at radius 1 is 1.35 bits per heavy atom. The quantitative estimate of drug-likeness (QED) is 0.842. The summed E-state index contributed by atoms with van der Waals surface area (Å²) in [6.07, 6.45) is 0.117. The Balaban J connectivity index is 2.22. The molecule has 1 aromatic rings. The number of hydrogen-bond donors (Lipinski definition) is 1. The first-order chi connectivity index (χ1) is 9.28. The minimum Gasteiger partial charge on any atom is -0.490 e. The van der Waals surface area contributed by atoms with Crippen LogP contribution in [0.1, 0.15) is 32.8 Å². The summed E-state index contributed by atoms with van der Waals surface area (Å²) in [6, 6.07) is 4.71. The van der Waals surface area contributed by atoms with Crippen molar-refractivity contribution in [3.8, 4) is 5.75 Å². The monoisotopic (exact) mass is 283 g/mol. The lowest BCUT2D eigenvalue weighted by atomic mass is 10.2. The minimum absolute atomic E-state index is 0.238. The molecule has 1 aromatic carbocycles. The number of rotatable bonds is 5. The van der Waals surface area contributed by atoms with Gasteiger partial charge in [0.05, 0.1) is 6.61 Å². The van der Waals surface area contributed by atoms with Gasteiger partial charge in [-0.1, -0.05) is 6.07 Å². The lowest BCUT2D eigenvalue weighted by Gasteiger charge is -2.19. The average Bonchev–Trinajstić information content (AvgIpc) is 2.30. The highest BCUT2D eigenvalue weighted by Crippen LogP contribution is 2.18. The molecule has 0 aliphatic rings. The molecule has 0 heterocycles. The van der Waals surface area contributed by atoms with Crippen molar-refractivity contribution in [2.24, 2.45) is 0 Å². The summed E-state index contributed by atoms with van der Waals surface area (Å²) >= 11 is 0. The van der Waals surface area contributed by atoms with Crippen LogP contribution >= 0.6 is 0 Å². The number of halogens is 1. The first-order valence-corrected chi connectivity index (χ1v) is 6.64. The number of aryl methyl sites for hydroxylation is 1. The maximum Gasteiger partial charge on any atom is 0.407 e. The van der Waals surface area contributed by atoms with Crippen LogP contribution in [0.25, 0.3) is 0 Å². The maximum absolute atomic E-state index is 13.4. The van der Waals surface area contributed by atoms with Crippen LogP contribution in [-0.2, 0) is 4.74 Å². The summed E-state index contributed by atoms with van der Waals surface area (Å²) in [7, 11) is 0. The van der Waals surface area contributed by atoms with E-state index in [1.54, 1.807) is 32.9 Å². The fourth-order valence-corrected chi connectivity index (χ4v) is 1.48. The molecular formula is C15H22FNO3. The second kappa shape index (κ2) is 7.12. The third kappa shape index (κ3) is 6.41. The predicted octanol–water partition coefficient (Wildman–Crippen LogP) is 3.43. The van der Waals surface area contributed by atoms with Crippen LogP contribution in [0.2, 0.25) is 0 Å². The highest BCUT2D eigenvalue weighted by molar-refractivity contribution is 5.67. The second-order valence-corrected chi connectivity index (χ2v) is 5.56. The van der Waals surface area contributed by atoms with Crippen molar-refractivity contribution in [2.45, 2.75) is 39.7 Å². The lowest BCUT2D eigenvalue weighted by molar-refractivity contribution is 0.0525. The van der Waals surface area contributed by atoms with Crippen molar-refractivity contribution in [3.63, 3.8) is 0 Å². The molecule has 0 spiro atoms. The van der Waals surface area contributed by atoms with Gasteiger partial charge in [0, 0.05) is 6.54 Å². The largest absolute Gasteiger partial charge is 0.490 e. The van der Waals surface area contributed by atoms with Gasteiger partial charge < -0.3 is 14.8 Å². The molecule has 0 atom stereocenters. The number of hydrogen-bond acceptors (Lipinski definition) is 3. The molecule has 0 aromatic heterocycles. The maximum atomic E-state index is 13.4. The summed E-state index contributed by atoms with van der Waals surface area (Å²) in [4.78, 5) is 11.4. The van der Waals surface area contributed by atoms with E-state index in [0.717, 1.165) is 5.56 Å². The molecule has 1 N–H and O–H groups in total. The fraction of sp³-hybridized carbons (Fsp3) is 0.533. The third-order valence-electron chi connectivity index (χ3n) is 2.33. The number of carbonyl (C=O) groups is 1. The van der Waals surface area contributed by atoms with Crippen molar-refractivity contribution in [1.82, 2.24) is 5.32 Å². The van der Waals surface area contributed by atoms with Gasteiger partial charge in [-0.15, -0.1) is 0 Å². The lowest BCUT2D eigenvalue weighted by Crippen LogP contribution is -2.33. The van der Waals surface area contributed by atoms with E-state index in [1.165, 1.54) is 6.07 Å². The predicted molar refractivity (Wildman–Crippen MR) is 75.5 cm³/mol. The van der Waals surface area contributed by atoms with E-state index in [9.17, 15) is 9.18 Å². The summed E-state index contributed by atoms with van der Waals surface area (Å²) in [5.41, 5.74) is 0.430. The second-order valence-electron chi connectivity index (χ2n) is 5.56. The normalized spacial score (nSPS) is 11.1. The first kappa shape index (κ1) is 16.3. The van der Waals surface area contributed by atoms with Crippen molar-refractivity contribution in [3.05, 3.63) is 29.6 Å². The van der Waals surface area contributed by atoms with E-state index >= 15 is 0 Å². The summed E-state index contributed by atoms with van der Waals surface area (Å²) in [6.45, 7) is 8.03. The molecule has 0 aliphatic heterocycles. The highest BCUT2D eigenvalue weighted by atomic mass is 19.1. The van der Waals surface area contributed by atoms with Gasteiger partial charge in [-0.2, -0.15) is 0 Å². The topological polar surface area (TPSA) is 47.6 Å². The molecule has 20 heavy (non-hydrogen) atoms. The summed E-state index contributed by atoms with van der Waals surface area (Å²) in [5.74, 6) is -0.141. The molecule has 0 aliphatic carbocycles. The first-order valence-electron chi connectivity index (χ1n) is 6.64. The fourth-order valence-electron chi connectivity index (χ4n) is 1.48.